The molecule has 1 N–H and O–H groups in total. The number of aromatic nitrogens is 1. The maximum absolute atomic E-state index is 11.6. The van der Waals surface area contributed by atoms with Crippen LogP contribution < -0.4 is 5.43 Å². The summed E-state index contributed by atoms with van der Waals surface area (Å²) in [6.45, 7) is 0. The molecule has 4 nitrogen and oxygen atoms in total. The van der Waals surface area contributed by atoms with Gasteiger partial charge in [-0.05, 0) is 29.8 Å². The summed E-state index contributed by atoms with van der Waals surface area (Å²) in [7, 11) is 0. The molecule has 90 valence electrons. The normalized spacial score (nSPS) is 10.5. The molecule has 0 aliphatic carbocycles. The van der Waals surface area contributed by atoms with Crippen molar-refractivity contribution >= 4 is 23.7 Å². The van der Waals surface area contributed by atoms with E-state index in [1.165, 1.54) is 6.20 Å². The third-order valence-electron chi connectivity index (χ3n) is 2.17. The molecule has 1 amide bonds. The zero-order chi connectivity index (χ0) is 12.8. The highest BCUT2D eigenvalue weighted by atomic mass is 35.5. The van der Waals surface area contributed by atoms with Crippen LogP contribution in [0.25, 0.3) is 0 Å². The van der Waals surface area contributed by atoms with Crippen molar-refractivity contribution in [3.8, 4) is 0 Å². The van der Waals surface area contributed by atoms with Crippen LogP contribution in [0.4, 0.5) is 0 Å². The van der Waals surface area contributed by atoms with Crippen molar-refractivity contribution in [2.45, 2.75) is 0 Å². The number of halogens is 1. The molecule has 0 spiro atoms. The van der Waals surface area contributed by atoms with Crippen molar-refractivity contribution in [1.82, 2.24) is 10.4 Å². The zero-order valence-corrected chi connectivity index (χ0v) is 10.1. The molecule has 0 saturated carbocycles. The molecular formula is C13H10ClN3O. The minimum absolute atomic E-state index is 0.298. The van der Waals surface area contributed by atoms with Gasteiger partial charge in [-0.15, -0.1) is 0 Å². The van der Waals surface area contributed by atoms with Crippen molar-refractivity contribution < 1.29 is 4.79 Å². The van der Waals surface area contributed by atoms with E-state index in [2.05, 4.69) is 15.5 Å². The summed E-state index contributed by atoms with van der Waals surface area (Å²) in [4.78, 5) is 15.5. The van der Waals surface area contributed by atoms with Gasteiger partial charge in [-0.25, -0.2) is 5.43 Å². The van der Waals surface area contributed by atoms with Crippen LogP contribution in [-0.2, 0) is 0 Å². The Balaban J connectivity index is 1.96. The number of hydrogen-bond donors (Lipinski definition) is 1. The summed E-state index contributed by atoms with van der Waals surface area (Å²) in [6.07, 6.45) is 4.63. The van der Waals surface area contributed by atoms with Crippen LogP contribution in [0.3, 0.4) is 0 Å². The summed E-state index contributed by atoms with van der Waals surface area (Å²) < 4.78 is 0. The zero-order valence-electron chi connectivity index (χ0n) is 9.38. The third-order valence-corrected chi connectivity index (χ3v) is 2.43. The minimum atomic E-state index is -0.298. The minimum Gasteiger partial charge on any atom is -0.267 e. The quantitative estimate of drug-likeness (QED) is 0.680. The van der Waals surface area contributed by atoms with Crippen LogP contribution in [0.15, 0.2) is 53.9 Å². The monoisotopic (exact) mass is 259 g/mol. The maximum Gasteiger partial charge on any atom is 0.272 e. The lowest BCUT2D eigenvalue weighted by atomic mass is 10.2. The van der Waals surface area contributed by atoms with Crippen LogP contribution in [0.2, 0.25) is 5.02 Å². The van der Waals surface area contributed by atoms with E-state index in [1.807, 2.05) is 12.1 Å². The van der Waals surface area contributed by atoms with Crippen molar-refractivity contribution in [2.24, 2.45) is 5.10 Å². The van der Waals surface area contributed by atoms with E-state index in [1.54, 1.807) is 36.7 Å². The standard InChI is InChI=1S/C13H10ClN3O/c14-12-5-3-10(4-6-12)8-16-17-13(18)11-2-1-7-15-9-11/h1-9H,(H,17,18)/b16-8-. The molecule has 1 aromatic heterocycles. The van der Waals surface area contributed by atoms with Gasteiger partial charge in [0.1, 0.15) is 0 Å². The number of rotatable bonds is 3. The molecular weight excluding hydrogens is 250 g/mol. The predicted molar refractivity (Wildman–Crippen MR) is 70.7 cm³/mol. The molecule has 18 heavy (non-hydrogen) atoms. The highest BCUT2D eigenvalue weighted by Gasteiger charge is 2.01. The second-order valence-electron chi connectivity index (χ2n) is 3.49. The number of nitrogens with one attached hydrogen (secondary N) is 1. The molecule has 0 aliphatic rings. The first-order valence-electron chi connectivity index (χ1n) is 5.25. The molecule has 0 bridgehead atoms. The van der Waals surface area contributed by atoms with E-state index >= 15 is 0 Å². The number of pyridine rings is 1. The second-order valence-corrected chi connectivity index (χ2v) is 3.93. The molecule has 0 atom stereocenters. The fourth-order valence-corrected chi connectivity index (χ4v) is 1.40. The van der Waals surface area contributed by atoms with Crippen LogP contribution in [0.5, 0.6) is 0 Å². The Morgan fingerprint density at radius 3 is 2.72 bits per heavy atom. The van der Waals surface area contributed by atoms with Crippen molar-refractivity contribution in [1.29, 1.82) is 0 Å². The van der Waals surface area contributed by atoms with Gasteiger partial charge >= 0.3 is 0 Å². The molecule has 2 rings (SSSR count). The summed E-state index contributed by atoms with van der Waals surface area (Å²) in [5.74, 6) is -0.298. The first-order valence-corrected chi connectivity index (χ1v) is 5.62. The molecule has 0 aliphatic heterocycles. The van der Waals surface area contributed by atoms with Crippen LogP contribution in [0.1, 0.15) is 15.9 Å². The van der Waals surface area contributed by atoms with Gasteiger partial charge in [-0.2, -0.15) is 5.10 Å². The Morgan fingerprint density at radius 2 is 2.06 bits per heavy atom. The Bertz CT molecular complexity index is 552. The Morgan fingerprint density at radius 1 is 1.28 bits per heavy atom. The van der Waals surface area contributed by atoms with Crippen molar-refractivity contribution in [2.75, 3.05) is 0 Å². The molecule has 0 saturated heterocycles. The van der Waals surface area contributed by atoms with E-state index in [0.29, 0.717) is 10.6 Å². The summed E-state index contributed by atoms with van der Waals surface area (Å²) >= 11 is 5.76. The van der Waals surface area contributed by atoms with Crippen LogP contribution >= 0.6 is 11.6 Å². The average molecular weight is 260 g/mol. The van der Waals surface area contributed by atoms with Crippen LogP contribution in [0, 0.1) is 0 Å². The topological polar surface area (TPSA) is 54.4 Å². The number of nitrogens with zero attached hydrogens (tertiary/aromatic N) is 2. The Hall–Kier alpha value is -2.20. The molecule has 0 fully saturated rings. The van der Waals surface area contributed by atoms with Crippen molar-refractivity contribution in [3.05, 3.63) is 64.9 Å². The smallest absolute Gasteiger partial charge is 0.267 e. The molecule has 1 aromatic carbocycles. The third kappa shape index (κ3) is 3.40. The molecule has 2 aromatic rings. The lowest BCUT2D eigenvalue weighted by molar-refractivity contribution is 0.0955. The summed E-state index contributed by atoms with van der Waals surface area (Å²) in [6, 6.07) is 10.5. The lowest BCUT2D eigenvalue weighted by Crippen LogP contribution is -2.17. The van der Waals surface area contributed by atoms with Crippen LogP contribution in [-0.4, -0.2) is 17.1 Å². The fourth-order valence-electron chi connectivity index (χ4n) is 1.28. The summed E-state index contributed by atoms with van der Waals surface area (Å²) in [5.41, 5.74) is 3.74. The first kappa shape index (κ1) is 12.3. The number of hydrogen-bond acceptors (Lipinski definition) is 3. The largest absolute Gasteiger partial charge is 0.272 e. The lowest BCUT2D eigenvalue weighted by Gasteiger charge is -1.98. The number of benzene rings is 1. The van der Waals surface area contributed by atoms with Gasteiger partial charge < -0.3 is 0 Å². The van der Waals surface area contributed by atoms with E-state index in [-0.39, 0.29) is 5.91 Å². The molecule has 1 heterocycles. The molecule has 0 radical (unpaired) electrons. The first-order chi connectivity index (χ1) is 8.75. The number of hydrazone groups is 1. The predicted octanol–water partition coefficient (Wildman–Crippen LogP) is 2.50. The second kappa shape index (κ2) is 5.93. The number of carbonyl (C=O) groups excluding carboxylic acids is 1. The SMILES string of the molecule is O=C(N/N=C\c1ccc(Cl)cc1)c1cccnc1. The van der Waals surface area contributed by atoms with Gasteiger partial charge in [-0.1, -0.05) is 23.7 Å². The van der Waals surface area contributed by atoms with Gasteiger partial charge in [-0.3, -0.25) is 9.78 Å². The van der Waals surface area contributed by atoms with Gasteiger partial charge in [0.2, 0.25) is 0 Å². The average Bonchev–Trinajstić information content (AvgIpc) is 2.42. The fraction of sp³-hybridized carbons (Fsp3) is 0. The number of amides is 1. The highest BCUT2D eigenvalue weighted by Crippen LogP contribution is 2.07. The van der Waals surface area contributed by atoms with Gasteiger partial charge in [0.15, 0.2) is 0 Å². The maximum atomic E-state index is 11.6. The van der Waals surface area contributed by atoms with Crippen molar-refractivity contribution in [3.63, 3.8) is 0 Å². The Labute approximate surface area is 109 Å². The van der Waals surface area contributed by atoms with E-state index in [0.717, 1.165) is 5.56 Å². The van der Waals surface area contributed by atoms with E-state index < -0.39 is 0 Å². The Kier molecular flexibility index (Phi) is 4.04. The molecule has 0 unspecified atom stereocenters. The van der Waals surface area contributed by atoms with E-state index in [9.17, 15) is 4.79 Å². The molecule has 5 heteroatoms. The number of carbonyl (C=O) groups is 1. The van der Waals surface area contributed by atoms with E-state index in [4.69, 9.17) is 11.6 Å². The van der Waals surface area contributed by atoms with Gasteiger partial charge in [0, 0.05) is 17.4 Å². The van der Waals surface area contributed by atoms with Gasteiger partial charge in [0.05, 0.1) is 11.8 Å². The summed E-state index contributed by atoms with van der Waals surface area (Å²) in [5, 5.41) is 4.51. The highest BCUT2D eigenvalue weighted by molar-refractivity contribution is 6.30. The van der Waals surface area contributed by atoms with Gasteiger partial charge in [0.25, 0.3) is 5.91 Å².